The van der Waals surface area contributed by atoms with Crippen molar-refractivity contribution in [3.8, 4) is 0 Å². The minimum absolute atomic E-state index is 0.0349. The van der Waals surface area contributed by atoms with Crippen LogP contribution in [0.15, 0.2) is 0 Å². The van der Waals surface area contributed by atoms with E-state index in [4.69, 9.17) is 9.84 Å². The molecule has 1 rings (SSSR count). The molecule has 0 aromatic rings. The fourth-order valence-electron chi connectivity index (χ4n) is 2.14. The summed E-state index contributed by atoms with van der Waals surface area (Å²) in [6, 6.07) is -0.604. The molecule has 0 spiro atoms. The van der Waals surface area contributed by atoms with Crippen LogP contribution in [-0.4, -0.2) is 72.2 Å². The van der Waals surface area contributed by atoms with Crippen molar-refractivity contribution in [1.82, 2.24) is 9.80 Å². The maximum atomic E-state index is 12.0. The van der Waals surface area contributed by atoms with E-state index in [1.807, 2.05) is 6.92 Å². The van der Waals surface area contributed by atoms with Crippen molar-refractivity contribution in [2.45, 2.75) is 32.4 Å². The number of aliphatic carboxylic acids is 1. The molecule has 2 unspecified atom stereocenters. The minimum atomic E-state index is -0.886. The molecule has 1 N–H and O–H groups in total. The van der Waals surface area contributed by atoms with Gasteiger partial charge < -0.3 is 14.7 Å². The molecule has 2 atom stereocenters. The number of nitrogens with zero attached hydrogens (tertiary/aromatic N) is 2. The summed E-state index contributed by atoms with van der Waals surface area (Å²) < 4.78 is 5.37. The lowest BCUT2D eigenvalue weighted by Gasteiger charge is -2.33. The molecule has 0 bridgehead atoms. The van der Waals surface area contributed by atoms with Gasteiger partial charge in [0.15, 0.2) is 0 Å². The van der Waals surface area contributed by atoms with Crippen molar-refractivity contribution in [2.75, 3.05) is 33.3 Å². The Kier molecular flexibility index (Phi) is 5.55. The van der Waals surface area contributed by atoms with E-state index in [2.05, 4.69) is 0 Å². The number of rotatable bonds is 5. The van der Waals surface area contributed by atoms with Gasteiger partial charge in [-0.05, 0) is 20.4 Å². The molecule has 0 aromatic carbocycles. The maximum Gasteiger partial charge on any atom is 0.320 e. The number of amides is 1. The molecule has 104 valence electrons. The summed E-state index contributed by atoms with van der Waals surface area (Å²) in [5.74, 6) is -0.921. The number of carbonyl (C=O) groups excluding carboxylic acids is 1. The lowest BCUT2D eigenvalue weighted by Crippen LogP contribution is -2.50. The van der Waals surface area contributed by atoms with Gasteiger partial charge in [0.2, 0.25) is 5.91 Å². The molecule has 0 radical (unpaired) electrons. The Balaban J connectivity index is 2.50. The monoisotopic (exact) mass is 258 g/mol. The molecule has 0 aliphatic carbocycles. The third kappa shape index (κ3) is 3.96. The average Bonchev–Trinajstić information content (AvgIpc) is 2.29. The smallest absolute Gasteiger partial charge is 0.320 e. The SMILES string of the molecule is CCC(C(=O)O)N(C)CC(=O)N1CCOC(C)C1. The van der Waals surface area contributed by atoms with Crippen LogP contribution in [0.5, 0.6) is 0 Å². The van der Waals surface area contributed by atoms with Gasteiger partial charge in [-0.15, -0.1) is 0 Å². The molecule has 18 heavy (non-hydrogen) atoms. The second kappa shape index (κ2) is 6.70. The third-order valence-corrected chi connectivity index (χ3v) is 3.18. The topological polar surface area (TPSA) is 70.1 Å². The zero-order chi connectivity index (χ0) is 13.7. The number of carboxylic acid groups (broad SMARTS) is 1. The highest BCUT2D eigenvalue weighted by Crippen LogP contribution is 2.07. The first-order valence-electron chi connectivity index (χ1n) is 6.28. The van der Waals surface area contributed by atoms with E-state index in [0.717, 1.165) is 0 Å². The first-order chi connectivity index (χ1) is 8.45. The van der Waals surface area contributed by atoms with Gasteiger partial charge in [0, 0.05) is 13.1 Å². The van der Waals surface area contributed by atoms with E-state index in [1.165, 1.54) is 0 Å². The number of ether oxygens (including phenoxy) is 1. The van der Waals surface area contributed by atoms with Crippen LogP contribution in [0.25, 0.3) is 0 Å². The zero-order valence-corrected chi connectivity index (χ0v) is 11.3. The molecular formula is C12H22N2O4. The Morgan fingerprint density at radius 3 is 2.72 bits per heavy atom. The summed E-state index contributed by atoms with van der Waals surface area (Å²) in [7, 11) is 1.67. The number of likely N-dealkylation sites (N-methyl/N-ethyl adjacent to an activating group) is 1. The standard InChI is InChI=1S/C12H22N2O4/c1-4-10(12(16)17)13(3)8-11(15)14-5-6-18-9(2)7-14/h9-10H,4-8H2,1-3H3,(H,16,17). The molecule has 1 aliphatic heterocycles. The molecule has 6 nitrogen and oxygen atoms in total. The zero-order valence-electron chi connectivity index (χ0n) is 11.3. The van der Waals surface area contributed by atoms with Crippen LogP contribution in [0.4, 0.5) is 0 Å². The van der Waals surface area contributed by atoms with Crippen molar-refractivity contribution >= 4 is 11.9 Å². The van der Waals surface area contributed by atoms with Crippen molar-refractivity contribution in [3.63, 3.8) is 0 Å². The van der Waals surface area contributed by atoms with E-state index in [9.17, 15) is 9.59 Å². The van der Waals surface area contributed by atoms with Gasteiger partial charge in [0.25, 0.3) is 0 Å². The predicted molar refractivity (Wildman–Crippen MR) is 66.3 cm³/mol. The van der Waals surface area contributed by atoms with Crippen LogP contribution < -0.4 is 0 Å². The first kappa shape index (κ1) is 14.9. The summed E-state index contributed by atoms with van der Waals surface area (Å²) in [4.78, 5) is 26.4. The van der Waals surface area contributed by atoms with Gasteiger partial charge in [-0.25, -0.2) is 0 Å². The highest BCUT2D eigenvalue weighted by molar-refractivity contribution is 5.80. The molecule has 1 amide bonds. The van der Waals surface area contributed by atoms with Gasteiger partial charge in [-0.2, -0.15) is 0 Å². The number of morpholine rings is 1. The van der Waals surface area contributed by atoms with Crippen LogP contribution in [0.3, 0.4) is 0 Å². The van der Waals surface area contributed by atoms with E-state index < -0.39 is 12.0 Å². The van der Waals surface area contributed by atoms with Crippen LogP contribution in [0.1, 0.15) is 20.3 Å². The predicted octanol–water partition coefficient (Wildman–Crippen LogP) is 0.0287. The summed E-state index contributed by atoms with van der Waals surface area (Å²) in [5.41, 5.74) is 0. The fourth-order valence-corrected chi connectivity index (χ4v) is 2.14. The van der Waals surface area contributed by atoms with Gasteiger partial charge in [0.1, 0.15) is 6.04 Å². The van der Waals surface area contributed by atoms with Gasteiger partial charge in [-0.1, -0.05) is 6.92 Å². The summed E-state index contributed by atoms with van der Waals surface area (Å²) in [6.07, 6.45) is 0.535. The molecule has 6 heteroatoms. The molecule has 0 aromatic heterocycles. The minimum Gasteiger partial charge on any atom is -0.480 e. The molecule has 1 heterocycles. The molecule has 1 fully saturated rings. The molecule has 1 aliphatic rings. The second-order valence-electron chi connectivity index (χ2n) is 4.70. The quantitative estimate of drug-likeness (QED) is 0.753. The Morgan fingerprint density at radius 1 is 1.56 bits per heavy atom. The van der Waals surface area contributed by atoms with E-state index in [-0.39, 0.29) is 18.6 Å². The largest absolute Gasteiger partial charge is 0.480 e. The second-order valence-corrected chi connectivity index (χ2v) is 4.70. The van der Waals surface area contributed by atoms with Gasteiger partial charge in [0.05, 0.1) is 19.3 Å². The molecular weight excluding hydrogens is 236 g/mol. The average molecular weight is 258 g/mol. The van der Waals surface area contributed by atoms with Gasteiger partial charge >= 0.3 is 5.97 Å². The van der Waals surface area contributed by atoms with Crippen molar-refractivity contribution in [3.05, 3.63) is 0 Å². The lowest BCUT2D eigenvalue weighted by molar-refractivity contribution is -0.145. The van der Waals surface area contributed by atoms with Crippen LogP contribution in [0, 0.1) is 0 Å². The lowest BCUT2D eigenvalue weighted by atomic mass is 10.2. The van der Waals surface area contributed by atoms with Crippen LogP contribution in [0.2, 0.25) is 0 Å². The van der Waals surface area contributed by atoms with E-state index >= 15 is 0 Å². The Hall–Kier alpha value is -1.14. The fraction of sp³-hybridized carbons (Fsp3) is 0.833. The van der Waals surface area contributed by atoms with Gasteiger partial charge in [-0.3, -0.25) is 14.5 Å². The van der Waals surface area contributed by atoms with E-state index in [1.54, 1.807) is 23.8 Å². The Labute approximate surface area is 107 Å². The van der Waals surface area contributed by atoms with Crippen LogP contribution >= 0.6 is 0 Å². The van der Waals surface area contributed by atoms with E-state index in [0.29, 0.717) is 26.1 Å². The summed E-state index contributed by atoms with van der Waals surface area (Å²) in [5, 5.41) is 9.02. The Morgan fingerprint density at radius 2 is 2.22 bits per heavy atom. The van der Waals surface area contributed by atoms with Crippen LogP contribution in [-0.2, 0) is 14.3 Å². The molecule has 1 saturated heterocycles. The highest BCUT2D eigenvalue weighted by atomic mass is 16.5. The molecule has 0 saturated carbocycles. The normalized spacial score (nSPS) is 22.0. The number of hydrogen-bond donors (Lipinski definition) is 1. The van der Waals surface area contributed by atoms with Crippen molar-refractivity contribution in [2.24, 2.45) is 0 Å². The maximum absolute atomic E-state index is 12.0. The Bertz CT molecular complexity index is 308. The summed E-state index contributed by atoms with van der Waals surface area (Å²) in [6.45, 7) is 5.58. The first-order valence-corrected chi connectivity index (χ1v) is 6.28. The van der Waals surface area contributed by atoms with Crippen molar-refractivity contribution in [1.29, 1.82) is 0 Å². The third-order valence-electron chi connectivity index (χ3n) is 3.18. The van der Waals surface area contributed by atoms with Crippen molar-refractivity contribution < 1.29 is 19.4 Å². The highest BCUT2D eigenvalue weighted by Gasteiger charge is 2.26. The number of carbonyl (C=O) groups is 2. The number of carboxylic acids is 1. The summed E-state index contributed by atoms with van der Waals surface area (Å²) >= 11 is 0. The number of hydrogen-bond acceptors (Lipinski definition) is 4.